The minimum Gasteiger partial charge on any atom is -0.328 e. The zero-order valence-electron chi connectivity index (χ0n) is 9.19. The smallest absolute Gasteiger partial charge is 0.256 e. The number of halogens is 3. The molecule has 0 amide bonds. The Morgan fingerprint density at radius 2 is 2.00 bits per heavy atom. The third kappa shape index (κ3) is 2.47. The van der Waals surface area contributed by atoms with Crippen LogP contribution in [0.25, 0.3) is 10.2 Å². The van der Waals surface area contributed by atoms with E-state index in [1.54, 1.807) is 18.2 Å². The van der Waals surface area contributed by atoms with Gasteiger partial charge in [-0.15, -0.1) is 10.2 Å². The molecule has 0 spiro atoms. The zero-order valence-corrected chi connectivity index (χ0v) is 10.8. The summed E-state index contributed by atoms with van der Waals surface area (Å²) in [4.78, 5) is 4.23. The second-order valence-corrected chi connectivity index (χ2v) is 5.09. The lowest BCUT2D eigenvalue weighted by Gasteiger charge is -2.01. The monoisotopic (exact) mass is 298 g/mol. The van der Waals surface area contributed by atoms with E-state index in [0.29, 0.717) is 10.2 Å². The van der Waals surface area contributed by atoms with E-state index >= 15 is 0 Å². The second-order valence-electron chi connectivity index (χ2n) is 3.63. The molecule has 0 saturated heterocycles. The van der Waals surface area contributed by atoms with Crippen LogP contribution in [-0.2, 0) is 0 Å². The van der Waals surface area contributed by atoms with Crippen LogP contribution in [0.3, 0.4) is 0 Å². The number of nitrogens with zero attached hydrogens (tertiary/aromatic N) is 3. The average molecular weight is 299 g/mol. The van der Waals surface area contributed by atoms with Gasteiger partial charge < -0.3 is 5.32 Å². The summed E-state index contributed by atoms with van der Waals surface area (Å²) in [6.45, 7) is 0. The van der Waals surface area contributed by atoms with Crippen molar-refractivity contribution in [2.75, 3.05) is 5.32 Å². The highest BCUT2D eigenvalue weighted by Gasteiger charge is 2.10. The molecule has 0 aliphatic heterocycles. The van der Waals surface area contributed by atoms with Crippen LogP contribution in [0.5, 0.6) is 0 Å². The van der Waals surface area contributed by atoms with E-state index in [0.717, 1.165) is 16.3 Å². The summed E-state index contributed by atoms with van der Waals surface area (Å²) in [6.07, 6.45) is 0. The summed E-state index contributed by atoms with van der Waals surface area (Å²) in [7, 11) is 0. The van der Waals surface area contributed by atoms with Crippen LogP contribution in [0.15, 0.2) is 24.3 Å². The van der Waals surface area contributed by atoms with Gasteiger partial charge in [0, 0.05) is 11.1 Å². The lowest BCUT2D eigenvalue weighted by Crippen LogP contribution is -1.99. The Labute approximate surface area is 115 Å². The standard InChI is InChI=1S/C11H5ClF2N4S/c12-5-1-2-6-8(3-5)19-11(15-6)16-7-4-9(13)17-18-10(7)14/h1-4H,(H,15,16,17). The van der Waals surface area contributed by atoms with Crippen molar-refractivity contribution in [2.45, 2.75) is 0 Å². The molecule has 0 aliphatic carbocycles. The molecule has 0 aliphatic rings. The molecule has 0 unspecified atom stereocenters. The fourth-order valence-electron chi connectivity index (χ4n) is 1.51. The van der Waals surface area contributed by atoms with Crippen LogP contribution in [0.4, 0.5) is 19.6 Å². The number of nitrogens with one attached hydrogen (secondary N) is 1. The van der Waals surface area contributed by atoms with Crippen molar-refractivity contribution >= 4 is 44.0 Å². The molecular formula is C11H5ClF2N4S. The van der Waals surface area contributed by atoms with Crippen LogP contribution >= 0.6 is 22.9 Å². The molecule has 0 fully saturated rings. The molecule has 4 nitrogen and oxygen atoms in total. The summed E-state index contributed by atoms with van der Waals surface area (Å²) >= 11 is 7.14. The van der Waals surface area contributed by atoms with Gasteiger partial charge in [0.2, 0.25) is 5.95 Å². The number of rotatable bonds is 2. The van der Waals surface area contributed by atoms with E-state index in [1.807, 2.05) is 0 Å². The average Bonchev–Trinajstić information content (AvgIpc) is 2.75. The van der Waals surface area contributed by atoms with Crippen LogP contribution in [-0.4, -0.2) is 15.2 Å². The first-order valence-electron chi connectivity index (χ1n) is 5.14. The number of hydrogen-bond acceptors (Lipinski definition) is 5. The van der Waals surface area contributed by atoms with Gasteiger partial charge in [0.05, 0.1) is 10.2 Å². The first-order valence-corrected chi connectivity index (χ1v) is 6.33. The molecule has 2 aromatic heterocycles. The highest BCUT2D eigenvalue weighted by atomic mass is 35.5. The molecule has 8 heteroatoms. The van der Waals surface area contributed by atoms with Gasteiger partial charge in [0.15, 0.2) is 5.13 Å². The molecule has 0 radical (unpaired) electrons. The van der Waals surface area contributed by atoms with Gasteiger partial charge in [-0.2, -0.15) is 8.78 Å². The van der Waals surface area contributed by atoms with Gasteiger partial charge in [-0.1, -0.05) is 22.9 Å². The summed E-state index contributed by atoms with van der Waals surface area (Å²) in [5.41, 5.74) is 0.609. The maximum absolute atomic E-state index is 13.3. The number of aromatic nitrogens is 3. The summed E-state index contributed by atoms with van der Waals surface area (Å²) < 4.78 is 27.1. The minimum atomic E-state index is -0.890. The number of benzene rings is 1. The quantitative estimate of drug-likeness (QED) is 0.782. The van der Waals surface area contributed by atoms with Crippen molar-refractivity contribution in [1.82, 2.24) is 15.2 Å². The molecule has 96 valence electrons. The third-order valence-corrected chi connectivity index (χ3v) is 3.48. The van der Waals surface area contributed by atoms with Gasteiger partial charge in [0.1, 0.15) is 5.69 Å². The minimum absolute atomic E-state index is 0.113. The molecule has 3 aromatic rings. The number of thiazole rings is 1. The highest BCUT2D eigenvalue weighted by Crippen LogP contribution is 2.30. The second kappa shape index (κ2) is 4.67. The molecule has 1 aromatic carbocycles. The van der Waals surface area contributed by atoms with Crippen molar-refractivity contribution in [3.8, 4) is 0 Å². The topological polar surface area (TPSA) is 50.7 Å². The van der Waals surface area contributed by atoms with Crippen LogP contribution in [0.1, 0.15) is 0 Å². The van der Waals surface area contributed by atoms with Crippen LogP contribution in [0, 0.1) is 11.9 Å². The Bertz CT molecular complexity index is 762. The first-order chi connectivity index (χ1) is 9.11. The van der Waals surface area contributed by atoms with E-state index in [4.69, 9.17) is 11.6 Å². The van der Waals surface area contributed by atoms with Gasteiger partial charge in [0.25, 0.3) is 5.95 Å². The first kappa shape index (κ1) is 12.2. The SMILES string of the molecule is Fc1cc(Nc2nc3ccc(Cl)cc3s2)c(F)nn1. The predicted molar refractivity (Wildman–Crippen MR) is 69.9 cm³/mol. The molecule has 19 heavy (non-hydrogen) atoms. The van der Waals surface area contributed by atoms with Crippen LogP contribution < -0.4 is 5.32 Å². The summed E-state index contributed by atoms with van der Waals surface area (Å²) in [5, 5.41) is 9.69. The Morgan fingerprint density at radius 1 is 1.16 bits per heavy atom. The van der Waals surface area contributed by atoms with Gasteiger partial charge in [-0.25, -0.2) is 4.98 Å². The third-order valence-electron chi connectivity index (χ3n) is 2.31. The van der Waals surface area contributed by atoms with Gasteiger partial charge >= 0.3 is 0 Å². The number of anilines is 2. The Morgan fingerprint density at radius 3 is 2.84 bits per heavy atom. The maximum atomic E-state index is 13.3. The van der Waals surface area contributed by atoms with Crippen molar-refractivity contribution in [2.24, 2.45) is 0 Å². The summed E-state index contributed by atoms with van der Waals surface area (Å²) in [6, 6.07) is 6.13. The van der Waals surface area contributed by atoms with E-state index in [1.165, 1.54) is 11.3 Å². The maximum Gasteiger partial charge on any atom is 0.256 e. The Balaban J connectivity index is 1.98. The van der Waals surface area contributed by atoms with Crippen molar-refractivity contribution in [3.63, 3.8) is 0 Å². The number of fused-ring (bicyclic) bond motifs is 1. The van der Waals surface area contributed by atoms with Crippen LogP contribution in [0.2, 0.25) is 5.02 Å². The Kier molecular flexibility index (Phi) is 3.00. The molecule has 0 atom stereocenters. The van der Waals surface area contributed by atoms with E-state index in [2.05, 4.69) is 20.5 Å². The van der Waals surface area contributed by atoms with Crippen molar-refractivity contribution < 1.29 is 8.78 Å². The Hall–Kier alpha value is -1.86. The predicted octanol–water partition coefficient (Wildman–Crippen LogP) is 3.76. The van der Waals surface area contributed by atoms with Crippen molar-refractivity contribution in [3.05, 3.63) is 41.2 Å². The summed E-state index contributed by atoms with van der Waals surface area (Å²) in [5.74, 6) is -1.76. The fourth-order valence-corrected chi connectivity index (χ4v) is 2.66. The molecule has 0 saturated carbocycles. The normalized spacial score (nSPS) is 10.9. The van der Waals surface area contributed by atoms with Crippen molar-refractivity contribution in [1.29, 1.82) is 0 Å². The molecule has 1 N–H and O–H groups in total. The lowest BCUT2D eigenvalue weighted by molar-refractivity contribution is 0.511. The molecule has 0 bridgehead atoms. The fraction of sp³-hybridized carbons (Fsp3) is 0. The van der Waals surface area contributed by atoms with E-state index < -0.39 is 11.9 Å². The molecular weight excluding hydrogens is 294 g/mol. The largest absolute Gasteiger partial charge is 0.328 e. The van der Waals surface area contributed by atoms with Gasteiger partial charge in [-0.05, 0) is 18.2 Å². The van der Waals surface area contributed by atoms with Gasteiger partial charge in [-0.3, -0.25) is 0 Å². The highest BCUT2D eigenvalue weighted by molar-refractivity contribution is 7.22. The van der Waals surface area contributed by atoms with E-state index in [9.17, 15) is 8.78 Å². The number of hydrogen-bond donors (Lipinski definition) is 1. The van der Waals surface area contributed by atoms with E-state index in [-0.39, 0.29) is 5.69 Å². The zero-order chi connectivity index (χ0) is 13.4. The lowest BCUT2D eigenvalue weighted by atomic mass is 10.3. The molecule has 3 rings (SSSR count). The molecule has 2 heterocycles.